The number of nitrogens with one attached hydrogen (secondary N) is 1. The van der Waals surface area contributed by atoms with E-state index < -0.39 is 0 Å². The van der Waals surface area contributed by atoms with Crippen LogP contribution >= 0.6 is 23.2 Å². The van der Waals surface area contributed by atoms with E-state index in [1.807, 2.05) is 13.8 Å². The largest absolute Gasteiger partial charge is 0.397 e. The Morgan fingerprint density at radius 3 is 2.47 bits per heavy atom. The van der Waals surface area contributed by atoms with Crippen LogP contribution in [0.1, 0.15) is 25.6 Å². The van der Waals surface area contributed by atoms with Crippen LogP contribution in [-0.2, 0) is 0 Å². The average molecular weight is 271 g/mol. The van der Waals surface area contributed by atoms with Crippen LogP contribution in [0.4, 0.5) is 5.69 Å². The molecule has 2 aromatic rings. The molecule has 17 heavy (non-hydrogen) atoms. The number of anilines is 1. The number of nitrogen functional groups attached to an aromatic ring is 1. The third-order valence-corrected chi connectivity index (χ3v) is 3.06. The summed E-state index contributed by atoms with van der Waals surface area (Å²) in [6.45, 7) is 4.04. The molecule has 2 rings (SSSR count). The molecule has 0 bridgehead atoms. The Labute approximate surface area is 109 Å². The van der Waals surface area contributed by atoms with Gasteiger partial charge in [-0.2, -0.15) is 5.10 Å². The van der Waals surface area contributed by atoms with E-state index in [9.17, 15) is 0 Å². The first-order chi connectivity index (χ1) is 8.00. The van der Waals surface area contributed by atoms with Gasteiger partial charge in [-0.25, -0.2) is 4.98 Å². The van der Waals surface area contributed by atoms with Gasteiger partial charge >= 0.3 is 0 Å². The number of hydrogen-bond donors (Lipinski definition) is 2. The monoisotopic (exact) mass is 270 g/mol. The van der Waals surface area contributed by atoms with Gasteiger partial charge in [-0.15, -0.1) is 0 Å². The van der Waals surface area contributed by atoms with Crippen LogP contribution in [0.25, 0.3) is 11.4 Å². The van der Waals surface area contributed by atoms with Crippen molar-refractivity contribution in [2.45, 2.75) is 19.8 Å². The van der Waals surface area contributed by atoms with Gasteiger partial charge in [-0.1, -0.05) is 37.0 Å². The molecule has 0 amide bonds. The van der Waals surface area contributed by atoms with Crippen molar-refractivity contribution in [1.29, 1.82) is 0 Å². The highest BCUT2D eigenvalue weighted by atomic mass is 35.5. The molecular formula is C11H12Cl2N4. The second-order valence-corrected chi connectivity index (χ2v) is 4.83. The molecule has 90 valence electrons. The van der Waals surface area contributed by atoms with Crippen molar-refractivity contribution in [3.8, 4) is 11.4 Å². The normalized spacial score (nSPS) is 11.1. The van der Waals surface area contributed by atoms with Crippen LogP contribution in [0.2, 0.25) is 10.0 Å². The van der Waals surface area contributed by atoms with Crippen LogP contribution < -0.4 is 5.73 Å². The van der Waals surface area contributed by atoms with E-state index in [-0.39, 0.29) is 5.92 Å². The van der Waals surface area contributed by atoms with E-state index in [0.29, 0.717) is 27.1 Å². The first-order valence-electron chi connectivity index (χ1n) is 5.17. The molecule has 1 aromatic carbocycles. The summed E-state index contributed by atoms with van der Waals surface area (Å²) in [7, 11) is 0. The SMILES string of the molecule is CC(C)c1nc(-c2c(Cl)ccc(Cl)c2N)n[nH]1. The summed E-state index contributed by atoms with van der Waals surface area (Å²) in [5.74, 6) is 1.52. The molecule has 0 saturated carbocycles. The van der Waals surface area contributed by atoms with Crippen LogP contribution in [0.3, 0.4) is 0 Å². The Bertz CT molecular complexity index is 548. The summed E-state index contributed by atoms with van der Waals surface area (Å²) in [5, 5.41) is 7.90. The Morgan fingerprint density at radius 2 is 1.88 bits per heavy atom. The second kappa shape index (κ2) is 4.55. The Balaban J connectivity index is 2.56. The molecule has 0 atom stereocenters. The smallest absolute Gasteiger partial charge is 0.184 e. The molecule has 0 aliphatic carbocycles. The van der Waals surface area contributed by atoms with Gasteiger partial charge in [0.25, 0.3) is 0 Å². The number of aromatic amines is 1. The number of nitrogens with zero attached hydrogens (tertiary/aromatic N) is 2. The summed E-state index contributed by atoms with van der Waals surface area (Å²) in [6, 6.07) is 3.33. The Hall–Kier alpha value is -1.26. The minimum atomic E-state index is 0.260. The van der Waals surface area contributed by atoms with E-state index in [1.54, 1.807) is 12.1 Å². The molecule has 1 aromatic heterocycles. The summed E-state index contributed by atoms with van der Waals surface area (Å²) < 4.78 is 0. The number of benzene rings is 1. The summed E-state index contributed by atoms with van der Waals surface area (Å²) in [4.78, 5) is 4.35. The fourth-order valence-electron chi connectivity index (χ4n) is 1.44. The first-order valence-corrected chi connectivity index (χ1v) is 5.92. The number of rotatable bonds is 2. The zero-order valence-corrected chi connectivity index (χ0v) is 11.0. The standard InChI is InChI=1S/C11H12Cl2N4/c1-5(2)10-15-11(17-16-10)8-6(12)3-4-7(13)9(8)14/h3-5H,14H2,1-2H3,(H,15,16,17). The maximum Gasteiger partial charge on any atom is 0.184 e. The van der Waals surface area contributed by atoms with Gasteiger partial charge < -0.3 is 5.73 Å². The number of halogens is 2. The number of H-pyrrole nitrogens is 1. The molecular weight excluding hydrogens is 259 g/mol. The van der Waals surface area contributed by atoms with Crippen molar-refractivity contribution < 1.29 is 0 Å². The Kier molecular flexibility index (Phi) is 3.26. The van der Waals surface area contributed by atoms with Crippen molar-refractivity contribution in [1.82, 2.24) is 15.2 Å². The predicted molar refractivity (Wildman–Crippen MR) is 70.3 cm³/mol. The minimum Gasteiger partial charge on any atom is -0.397 e. The molecule has 0 spiro atoms. The fraction of sp³-hybridized carbons (Fsp3) is 0.273. The molecule has 0 fully saturated rings. The van der Waals surface area contributed by atoms with E-state index in [1.165, 1.54) is 0 Å². The highest BCUT2D eigenvalue weighted by Crippen LogP contribution is 2.36. The van der Waals surface area contributed by atoms with Crippen molar-refractivity contribution in [2.75, 3.05) is 5.73 Å². The van der Waals surface area contributed by atoms with Gasteiger partial charge in [-0.3, -0.25) is 5.10 Å². The molecule has 0 saturated heterocycles. The third-order valence-electron chi connectivity index (χ3n) is 2.41. The average Bonchev–Trinajstić information content (AvgIpc) is 2.73. The maximum atomic E-state index is 6.09. The lowest BCUT2D eigenvalue weighted by Crippen LogP contribution is -1.94. The molecule has 1 heterocycles. The van der Waals surface area contributed by atoms with Crippen LogP contribution in [0.5, 0.6) is 0 Å². The van der Waals surface area contributed by atoms with Gasteiger partial charge in [0.1, 0.15) is 5.82 Å². The minimum absolute atomic E-state index is 0.260. The quantitative estimate of drug-likeness (QED) is 0.821. The summed E-state index contributed by atoms with van der Waals surface area (Å²) >= 11 is 12.0. The summed E-state index contributed by atoms with van der Waals surface area (Å²) in [5.41, 5.74) is 6.86. The van der Waals surface area contributed by atoms with Gasteiger partial charge in [-0.05, 0) is 12.1 Å². The lowest BCUT2D eigenvalue weighted by molar-refractivity contribution is 0.781. The first kappa shape index (κ1) is 12.2. The van der Waals surface area contributed by atoms with E-state index in [2.05, 4.69) is 15.2 Å². The molecule has 0 aliphatic rings. The molecule has 3 N–H and O–H groups in total. The number of nitrogens with two attached hydrogens (primary N) is 1. The van der Waals surface area contributed by atoms with Crippen LogP contribution in [0.15, 0.2) is 12.1 Å². The van der Waals surface area contributed by atoms with Crippen molar-refractivity contribution in [3.63, 3.8) is 0 Å². The van der Waals surface area contributed by atoms with E-state index in [0.717, 1.165) is 5.82 Å². The van der Waals surface area contributed by atoms with Gasteiger partial charge in [0, 0.05) is 5.92 Å². The van der Waals surface area contributed by atoms with Gasteiger partial charge in [0.15, 0.2) is 5.82 Å². The lowest BCUT2D eigenvalue weighted by Gasteiger charge is -2.05. The zero-order chi connectivity index (χ0) is 12.6. The molecule has 4 nitrogen and oxygen atoms in total. The molecule has 0 unspecified atom stereocenters. The van der Waals surface area contributed by atoms with Crippen molar-refractivity contribution in [3.05, 3.63) is 28.0 Å². The van der Waals surface area contributed by atoms with E-state index in [4.69, 9.17) is 28.9 Å². The molecule has 6 heteroatoms. The zero-order valence-electron chi connectivity index (χ0n) is 9.46. The van der Waals surface area contributed by atoms with Gasteiger partial charge in [0.05, 0.1) is 21.3 Å². The fourth-order valence-corrected chi connectivity index (χ4v) is 1.85. The highest BCUT2D eigenvalue weighted by Gasteiger charge is 2.16. The highest BCUT2D eigenvalue weighted by molar-refractivity contribution is 6.37. The maximum absolute atomic E-state index is 6.09. The second-order valence-electron chi connectivity index (χ2n) is 4.02. The Morgan fingerprint density at radius 1 is 1.24 bits per heavy atom. The van der Waals surface area contributed by atoms with Crippen molar-refractivity contribution >= 4 is 28.9 Å². The third kappa shape index (κ3) is 2.23. The molecule has 0 radical (unpaired) electrons. The number of aromatic nitrogens is 3. The number of hydrogen-bond acceptors (Lipinski definition) is 3. The van der Waals surface area contributed by atoms with Crippen LogP contribution in [0, 0.1) is 0 Å². The lowest BCUT2D eigenvalue weighted by atomic mass is 10.1. The van der Waals surface area contributed by atoms with Gasteiger partial charge in [0.2, 0.25) is 0 Å². The molecule has 0 aliphatic heterocycles. The predicted octanol–water partition coefficient (Wildman–Crippen LogP) is 3.48. The van der Waals surface area contributed by atoms with Crippen molar-refractivity contribution in [2.24, 2.45) is 0 Å². The van der Waals surface area contributed by atoms with Crippen LogP contribution in [-0.4, -0.2) is 15.2 Å². The van der Waals surface area contributed by atoms with E-state index >= 15 is 0 Å². The summed E-state index contributed by atoms with van der Waals surface area (Å²) in [6.07, 6.45) is 0. The topological polar surface area (TPSA) is 67.6 Å².